The van der Waals surface area contributed by atoms with Crippen LogP contribution in [0.2, 0.25) is 0 Å². The molecule has 0 aromatic carbocycles. The van der Waals surface area contributed by atoms with Crippen LogP contribution in [0, 0.1) is 58.2 Å². The van der Waals surface area contributed by atoms with Gasteiger partial charge >= 0.3 is 0 Å². The summed E-state index contributed by atoms with van der Waals surface area (Å²) in [6, 6.07) is 0. The first kappa shape index (κ1) is 23.3. The molecule has 0 spiro atoms. The van der Waals surface area contributed by atoms with E-state index in [0.29, 0.717) is 10.8 Å². The third kappa shape index (κ3) is 4.02. The van der Waals surface area contributed by atoms with Crippen molar-refractivity contribution in [1.29, 1.82) is 0 Å². The van der Waals surface area contributed by atoms with Crippen molar-refractivity contribution in [2.24, 2.45) is 58.2 Å². The van der Waals surface area contributed by atoms with E-state index < -0.39 is 0 Å². The Morgan fingerprint density at radius 1 is 0.926 bits per heavy atom. The lowest BCUT2D eigenvalue weighted by molar-refractivity contribution is -0.0561. The highest BCUT2D eigenvalue weighted by molar-refractivity contribution is 5.05. The molecule has 3 aliphatic rings. The molecule has 27 heavy (non-hydrogen) atoms. The summed E-state index contributed by atoms with van der Waals surface area (Å²) in [5.74, 6) is 7.15. The quantitative estimate of drug-likeness (QED) is 0.397. The van der Waals surface area contributed by atoms with Crippen molar-refractivity contribution >= 4 is 0 Å². The SMILES string of the molecule is CCC(C1CC2CCC(C)(C1)C(C)(CC)C2C)C(CC)C(C)C(C)C(C)C. The van der Waals surface area contributed by atoms with Gasteiger partial charge in [0.05, 0.1) is 0 Å². The summed E-state index contributed by atoms with van der Waals surface area (Å²) < 4.78 is 0. The molecular weight excluding hydrogens is 324 g/mol. The monoisotopic (exact) mass is 376 g/mol. The Labute approximate surface area is 172 Å². The Morgan fingerprint density at radius 2 is 1.56 bits per heavy atom. The first-order valence-electron chi connectivity index (χ1n) is 12.6. The maximum Gasteiger partial charge on any atom is -0.0246 e. The van der Waals surface area contributed by atoms with Gasteiger partial charge in [0.15, 0.2) is 0 Å². The molecule has 0 saturated heterocycles. The first-order valence-corrected chi connectivity index (χ1v) is 12.6. The number of fused-ring (bicyclic) bond motifs is 4. The molecule has 0 aliphatic heterocycles. The van der Waals surface area contributed by atoms with E-state index in [2.05, 4.69) is 69.2 Å². The van der Waals surface area contributed by atoms with Crippen LogP contribution in [0.5, 0.6) is 0 Å². The highest BCUT2D eigenvalue weighted by Gasteiger charge is 2.56. The van der Waals surface area contributed by atoms with E-state index in [-0.39, 0.29) is 0 Å². The summed E-state index contributed by atoms with van der Waals surface area (Å²) >= 11 is 0. The molecular formula is C27H52. The van der Waals surface area contributed by atoms with Gasteiger partial charge in [-0.1, -0.05) is 82.1 Å². The molecule has 2 bridgehead atoms. The molecule has 9 unspecified atom stereocenters. The van der Waals surface area contributed by atoms with Crippen molar-refractivity contribution < 1.29 is 0 Å². The summed E-state index contributed by atoms with van der Waals surface area (Å²) in [5, 5.41) is 0. The van der Waals surface area contributed by atoms with Crippen LogP contribution in [0.4, 0.5) is 0 Å². The van der Waals surface area contributed by atoms with Crippen LogP contribution in [0.15, 0.2) is 0 Å². The highest BCUT2D eigenvalue weighted by Crippen LogP contribution is 2.65. The van der Waals surface area contributed by atoms with Crippen LogP contribution in [-0.2, 0) is 0 Å². The molecule has 9 atom stereocenters. The molecule has 0 radical (unpaired) electrons. The minimum Gasteiger partial charge on any atom is -0.0651 e. The van der Waals surface area contributed by atoms with Gasteiger partial charge < -0.3 is 0 Å². The van der Waals surface area contributed by atoms with Crippen molar-refractivity contribution in [3.05, 3.63) is 0 Å². The smallest absolute Gasteiger partial charge is 0.0246 e. The maximum atomic E-state index is 2.68. The minimum absolute atomic E-state index is 0.543. The van der Waals surface area contributed by atoms with E-state index in [1.807, 2.05) is 0 Å². The topological polar surface area (TPSA) is 0 Å². The second-order valence-electron chi connectivity index (χ2n) is 11.7. The zero-order valence-corrected chi connectivity index (χ0v) is 20.6. The lowest BCUT2D eigenvalue weighted by Crippen LogP contribution is -2.47. The van der Waals surface area contributed by atoms with Crippen molar-refractivity contribution in [3.63, 3.8) is 0 Å². The molecule has 0 heteroatoms. The van der Waals surface area contributed by atoms with Gasteiger partial charge in [-0.15, -0.1) is 0 Å². The van der Waals surface area contributed by atoms with E-state index >= 15 is 0 Å². The fourth-order valence-corrected chi connectivity index (χ4v) is 7.94. The van der Waals surface area contributed by atoms with Crippen LogP contribution in [0.3, 0.4) is 0 Å². The van der Waals surface area contributed by atoms with Crippen LogP contribution < -0.4 is 0 Å². The Kier molecular flexibility index (Phi) is 7.58. The molecule has 0 N–H and O–H groups in total. The molecule has 3 saturated carbocycles. The van der Waals surface area contributed by atoms with Gasteiger partial charge in [-0.25, -0.2) is 0 Å². The van der Waals surface area contributed by atoms with Crippen LogP contribution in [0.1, 0.15) is 114 Å². The predicted octanol–water partition coefficient (Wildman–Crippen LogP) is 8.85. The third-order valence-electron chi connectivity index (χ3n) is 10.9. The molecule has 3 aliphatic carbocycles. The zero-order valence-electron chi connectivity index (χ0n) is 20.6. The van der Waals surface area contributed by atoms with Gasteiger partial charge in [-0.2, -0.15) is 0 Å². The summed E-state index contributed by atoms with van der Waals surface area (Å²) in [6.45, 7) is 25.3. The van der Waals surface area contributed by atoms with Crippen LogP contribution >= 0.6 is 0 Å². The molecule has 160 valence electrons. The van der Waals surface area contributed by atoms with Gasteiger partial charge in [0.1, 0.15) is 0 Å². The lowest BCUT2D eigenvalue weighted by atomic mass is 9.50. The zero-order chi connectivity index (χ0) is 20.6. The lowest BCUT2D eigenvalue weighted by Gasteiger charge is -2.55. The van der Waals surface area contributed by atoms with Crippen molar-refractivity contribution in [3.8, 4) is 0 Å². The second-order valence-corrected chi connectivity index (χ2v) is 11.7. The van der Waals surface area contributed by atoms with E-state index in [4.69, 9.17) is 0 Å². The second kappa shape index (κ2) is 8.79. The van der Waals surface area contributed by atoms with Crippen molar-refractivity contribution in [2.45, 2.75) is 114 Å². The molecule has 0 amide bonds. The van der Waals surface area contributed by atoms with Gasteiger partial charge in [0.2, 0.25) is 0 Å². The molecule has 0 aromatic heterocycles. The summed E-state index contributed by atoms with van der Waals surface area (Å²) in [7, 11) is 0. The Bertz CT molecular complexity index is 465. The van der Waals surface area contributed by atoms with Gasteiger partial charge in [-0.05, 0) is 90.3 Å². The number of hydrogen-bond acceptors (Lipinski definition) is 0. The van der Waals surface area contributed by atoms with Gasteiger partial charge in [0, 0.05) is 0 Å². The molecule has 0 aromatic rings. The molecule has 3 rings (SSSR count). The van der Waals surface area contributed by atoms with Crippen LogP contribution in [-0.4, -0.2) is 0 Å². The predicted molar refractivity (Wildman–Crippen MR) is 122 cm³/mol. The third-order valence-corrected chi connectivity index (χ3v) is 10.9. The highest BCUT2D eigenvalue weighted by atomic mass is 14.6. The van der Waals surface area contributed by atoms with Crippen LogP contribution in [0.25, 0.3) is 0 Å². The number of hydrogen-bond donors (Lipinski definition) is 0. The number of rotatable bonds is 8. The maximum absolute atomic E-state index is 2.68. The molecule has 0 nitrogen and oxygen atoms in total. The summed E-state index contributed by atoms with van der Waals surface area (Å²) in [6.07, 6.45) is 10.1. The standard InChI is InChI=1S/C27H52/c1-11-24(20(7)19(6)18(4)5)25(12-2)23-16-22-14-15-26(9,17-23)27(10,13-3)21(22)8/h18-25H,11-17H2,1-10H3. The largest absolute Gasteiger partial charge is 0.0651 e. The fraction of sp³-hybridized carbons (Fsp3) is 1.00. The van der Waals surface area contributed by atoms with Gasteiger partial charge in [0.25, 0.3) is 0 Å². The van der Waals surface area contributed by atoms with Gasteiger partial charge in [-0.3, -0.25) is 0 Å². The van der Waals surface area contributed by atoms with Crippen molar-refractivity contribution in [1.82, 2.24) is 0 Å². The Hall–Kier alpha value is 0. The fourth-order valence-electron chi connectivity index (χ4n) is 7.94. The van der Waals surface area contributed by atoms with E-state index in [0.717, 1.165) is 47.3 Å². The summed E-state index contributed by atoms with van der Waals surface area (Å²) in [4.78, 5) is 0. The first-order chi connectivity index (χ1) is 12.6. The molecule has 3 fully saturated rings. The van der Waals surface area contributed by atoms with E-state index in [1.165, 1.54) is 44.9 Å². The van der Waals surface area contributed by atoms with Crippen molar-refractivity contribution in [2.75, 3.05) is 0 Å². The Balaban J connectivity index is 2.32. The van der Waals surface area contributed by atoms with E-state index in [1.54, 1.807) is 0 Å². The summed E-state index contributed by atoms with van der Waals surface area (Å²) in [5.41, 5.74) is 1.10. The van der Waals surface area contributed by atoms with E-state index in [9.17, 15) is 0 Å². The Morgan fingerprint density at radius 3 is 2.04 bits per heavy atom. The molecule has 0 heterocycles. The average Bonchev–Trinajstić information content (AvgIpc) is 2.86. The average molecular weight is 377 g/mol. The normalized spacial score (nSPS) is 41.2. The minimum atomic E-state index is 0.543.